The van der Waals surface area contributed by atoms with Gasteiger partial charge in [0, 0.05) is 12.8 Å². The summed E-state index contributed by atoms with van der Waals surface area (Å²) in [4.78, 5) is 11.2. The molecule has 0 atom stereocenters. The Balaban J connectivity index is 2.75. The van der Waals surface area contributed by atoms with Gasteiger partial charge in [-0.1, -0.05) is 0 Å². The van der Waals surface area contributed by atoms with Gasteiger partial charge in [-0.15, -0.1) is 0 Å². The van der Waals surface area contributed by atoms with E-state index in [9.17, 15) is 10.0 Å². The van der Waals surface area contributed by atoms with Crippen LogP contribution in [0.25, 0.3) is 0 Å². The lowest BCUT2D eigenvalue weighted by atomic mass is 9.80. The van der Waals surface area contributed by atoms with Crippen LogP contribution in [0.3, 0.4) is 0 Å². The first-order chi connectivity index (χ1) is 7.19. The molecule has 1 heterocycles. The van der Waals surface area contributed by atoms with Crippen LogP contribution in [0.2, 0.25) is 0 Å². The molecule has 0 radical (unpaired) electrons. The highest BCUT2D eigenvalue weighted by Gasteiger charge is 2.50. The molecule has 5 nitrogen and oxygen atoms in total. The molecular formula is C11H23N2O3+. The third-order valence-corrected chi connectivity index (χ3v) is 3.22. The molecule has 1 rings (SSSR count). The van der Waals surface area contributed by atoms with Crippen LogP contribution in [0.1, 0.15) is 40.5 Å². The number of esters is 1. The lowest BCUT2D eigenvalue weighted by molar-refractivity contribution is -1.16. The van der Waals surface area contributed by atoms with Crippen LogP contribution in [0.4, 0.5) is 0 Å². The molecule has 0 amide bonds. The first kappa shape index (κ1) is 13.4. The molecule has 0 bridgehead atoms. The molecule has 0 saturated carbocycles. The number of rotatable bonds is 2. The van der Waals surface area contributed by atoms with E-state index in [1.807, 2.05) is 27.7 Å². The predicted octanol–water partition coefficient (Wildman–Crippen LogP) is -0.518. The van der Waals surface area contributed by atoms with E-state index in [1.165, 1.54) is 0 Å². The number of piperidine rings is 1. The Morgan fingerprint density at radius 3 is 2.19 bits per heavy atom. The SMILES string of the molecule is CC1(C)CC(OC(=O)CN)CC(C)(C)[NH+]1O. The molecule has 0 spiro atoms. The van der Waals surface area contributed by atoms with Gasteiger partial charge in [-0.2, -0.15) is 5.06 Å². The van der Waals surface area contributed by atoms with Gasteiger partial charge < -0.3 is 10.5 Å². The smallest absolute Gasteiger partial charge is 0.319 e. The van der Waals surface area contributed by atoms with Crippen LogP contribution in [0.5, 0.6) is 0 Å². The minimum atomic E-state index is -0.377. The molecule has 0 aromatic heterocycles. The lowest BCUT2D eigenvalue weighted by Crippen LogP contribution is -3.25. The number of quaternary nitrogens is 1. The van der Waals surface area contributed by atoms with Crippen molar-refractivity contribution in [2.75, 3.05) is 6.54 Å². The number of ether oxygens (including phenoxy) is 1. The van der Waals surface area contributed by atoms with E-state index in [0.717, 1.165) is 0 Å². The minimum Gasteiger partial charge on any atom is -0.461 e. The van der Waals surface area contributed by atoms with E-state index in [1.54, 1.807) is 0 Å². The molecule has 1 saturated heterocycles. The molecule has 4 N–H and O–H groups in total. The first-order valence-electron chi connectivity index (χ1n) is 5.65. The Labute approximate surface area is 96.5 Å². The summed E-state index contributed by atoms with van der Waals surface area (Å²) in [6.45, 7) is 7.77. The van der Waals surface area contributed by atoms with Gasteiger partial charge in [0.2, 0.25) is 0 Å². The first-order valence-corrected chi connectivity index (χ1v) is 5.65. The lowest BCUT2D eigenvalue weighted by Gasteiger charge is -2.46. The third kappa shape index (κ3) is 2.72. The van der Waals surface area contributed by atoms with Crippen LogP contribution >= 0.6 is 0 Å². The van der Waals surface area contributed by atoms with E-state index >= 15 is 0 Å². The van der Waals surface area contributed by atoms with Crippen molar-refractivity contribution in [2.45, 2.75) is 57.7 Å². The summed E-state index contributed by atoms with van der Waals surface area (Å²) in [7, 11) is 0. The molecule has 0 aromatic carbocycles. The van der Waals surface area contributed by atoms with E-state index < -0.39 is 0 Å². The number of nitrogens with one attached hydrogen (secondary N) is 1. The zero-order valence-electron chi connectivity index (χ0n) is 10.5. The molecule has 1 fully saturated rings. The Morgan fingerprint density at radius 2 is 1.81 bits per heavy atom. The number of hydrogen-bond donors (Lipinski definition) is 3. The van der Waals surface area contributed by atoms with Crippen molar-refractivity contribution >= 4 is 5.97 Å². The fourth-order valence-corrected chi connectivity index (χ4v) is 2.64. The Hall–Kier alpha value is -0.650. The maximum atomic E-state index is 11.2. The Bertz CT molecular complexity index is 258. The van der Waals surface area contributed by atoms with Crippen molar-refractivity contribution in [1.82, 2.24) is 0 Å². The van der Waals surface area contributed by atoms with Crippen LogP contribution in [-0.4, -0.2) is 34.9 Å². The standard InChI is InChI=1S/C11H22N2O3/c1-10(2)5-8(16-9(14)7-12)6-11(3,4)13(10)15/h8,15H,5-7,12H2,1-4H3/p+1. The highest BCUT2D eigenvalue weighted by Crippen LogP contribution is 2.25. The molecular weight excluding hydrogens is 208 g/mol. The quantitative estimate of drug-likeness (QED) is 0.559. The topological polar surface area (TPSA) is 77.0 Å². The number of carbonyl (C=O) groups is 1. The highest BCUT2D eigenvalue weighted by atomic mass is 16.5. The van der Waals surface area contributed by atoms with Crippen LogP contribution < -0.4 is 10.8 Å². The number of nitrogens with two attached hydrogens (primary N) is 1. The van der Waals surface area contributed by atoms with Crippen molar-refractivity contribution < 1.29 is 19.8 Å². The molecule has 16 heavy (non-hydrogen) atoms. The molecule has 1 aliphatic rings. The zero-order chi connectivity index (χ0) is 12.6. The monoisotopic (exact) mass is 231 g/mol. The van der Waals surface area contributed by atoms with Gasteiger partial charge in [0.25, 0.3) is 0 Å². The van der Waals surface area contributed by atoms with Crippen molar-refractivity contribution in [3.05, 3.63) is 0 Å². The van der Waals surface area contributed by atoms with E-state index in [2.05, 4.69) is 0 Å². The fraction of sp³-hybridized carbons (Fsp3) is 0.909. The van der Waals surface area contributed by atoms with Crippen LogP contribution in [-0.2, 0) is 9.53 Å². The fourth-order valence-electron chi connectivity index (χ4n) is 2.64. The van der Waals surface area contributed by atoms with Gasteiger partial charge in [-0.3, -0.25) is 4.79 Å². The number of hydroxylamine groups is 2. The zero-order valence-corrected chi connectivity index (χ0v) is 10.5. The minimum absolute atomic E-state index is 0.0902. The van der Waals surface area contributed by atoms with Gasteiger partial charge in [0.1, 0.15) is 17.2 Å². The van der Waals surface area contributed by atoms with E-state index in [0.29, 0.717) is 17.9 Å². The molecule has 0 aromatic rings. The molecule has 0 unspecified atom stereocenters. The normalized spacial score (nSPS) is 32.1. The third-order valence-electron chi connectivity index (χ3n) is 3.22. The molecule has 0 aliphatic carbocycles. The summed E-state index contributed by atoms with van der Waals surface area (Å²) in [5.41, 5.74) is 4.59. The summed E-state index contributed by atoms with van der Waals surface area (Å²) in [5.74, 6) is -0.377. The molecule has 1 aliphatic heterocycles. The largest absolute Gasteiger partial charge is 0.461 e. The van der Waals surface area contributed by atoms with Crippen molar-refractivity contribution in [1.29, 1.82) is 0 Å². The van der Waals surface area contributed by atoms with Gasteiger partial charge in [0.15, 0.2) is 0 Å². The highest BCUT2D eigenvalue weighted by molar-refractivity contribution is 5.71. The van der Waals surface area contributed by atoms with Crippen molar-refractivity contribution in [2.24, 2.45) is 5.73 Å². The van der Waals surface area contributed by atoms with Crippen molar-refractivity contribution in [3.8, 4) is 0 Å². The maximum Gasteiger partial charge on any atom is 0.319 e. The van der Waals surface area contributed by atoms with Crippen LogP contribution in [0, 0.1) is 0 Å². The summed E-state index contributed by atoms with van der Waals surface area (Å²) in [6, 6.07) is 0. The summed E-state index contributed by atoms with van der Waals surface area (Å²) in [5, 5.41) is 10.6. The van der Waals surface area contributed by atoms with E-state index in [4.69, 9.17) is 10.5 Å². The number of hydrogen-bond acceptors (Lipinski definition) is 4. The summed E-state index contributed by atoms with van der Waals surface area (Å²) < 4.78 is 5.27. The molecule has 5 heteroatoms. The van der Waals surface area contributed by atoms with Gasteiger partial charge in [-0.05, 0) is 27.7 Å². The number of carbonyl (C=O) groups excluding carboxylic acids is 1. The average Bonchev–Trinajstić information content (AvgIpc) is 2.13. The summed E-state index contributed by atoms with van der Waals surface area (Å²) >= 11 is 0. The molecule has 94 valence electrons. The second-order valence-electron chi connectivity index (χ2n) is 5.84. The van der Waals surface area contributed by atoms with Gasteiger partial charge >= 0.3 is 5.97 Å². The average molecular weight is 231 g/mol. The summed E-state index contributed by atoms with van der Waals surface area (Å²) in [6.07, 6.45) is 1.14. The van der Waals surface area contributed by atoms with E-state index in [-0.39, 0.29) is 29.7 Å². The van der Waals surface area contributed by atoms with Gasteiger partial charge in [0.05, 0.1) is 6.54 Å². The Morgan fingerprint density at radius 1 is 1.38 bits per heavy atom. The second kappa shape index (κ2) is 4.31. The maximum absolute atomic E-state index is 11.2. The van der Waals surface area contributed by atoms with Crippen LogP contribution in [0.15, 0.2) is 0 Å². The van der Waals surface area contributed by atoms with Gasteiger partial charge in [-0.25, -0.2) is 5.21 Å². The Kier molecular flexibility index (Phi) is 3.62. The van der Waals surface area contributed by atoms with Crippen molar-refractivity contribution in [3.63, 3.8) is 0 Å². The predicted molar refractivity (Wildman–Crippen MR) is 59.1 cm³/mol. The second-order valence-corrected chi connectivity index (χ2v) is 5.84.